The van der Waals surface area contributed by atoms with E-state index in [0.29, 0.717) is 23.3 Å². The fourth-order valence-electron chi connectivity index (χ4n) is 2.14. The fraction of sp³-hybridized carbons (Fsp3) is 0.286. The Hall–Kier alpha value is -2.70. The Balaban J connectivity index is 1.81. The first-order valence-electron chi connectivity index (χ1n) is 6.59. The second-order valence-electron chi connectivity index (χ2n) is 4.86. The third kappa shape index (κ3) is 2.76. The first-order valence-corrected chi connectivity index (χ1v) is 6.59. The smallest absolute Gasteiger partial charge is 0.281 e. The predicted molar refractivity (Wildman–Crippen MR) is 77.1 cm³/mol. The molecule has 0 saturated carbocycles. The molecule has 0 radical (unpaired) electrons. The molecule has 3 aromatic rings. The van der Waals surface area contributed by atoms with Gasteiger partial charge in [0.05, 0.1) is 25.3 Å². The van der Waals surface area contributed by atoms with Gasteiger partial charge in [-0.2, -0.15) is 5.10 Å². The molecule has 0 saturated heterocycles. The first-order chi connectivity index (χ1) is 10.1. The molecule has 0 fully saturated rings. The largest absolute Gasteiger partial charge is 0.487 e. The van der Waals surface area contributed by atoms with Crippen LogP contribution in [0.15, 0.2) is 41.8 Å². The van der Waals surface area contributed by atoms with Crippen molar-refractivity contribution in [3.05, 3.63) is 47.4 Å². The highest BCUT2D eigenvalue weighted by Gasteiger charge is 2.11. The lowest BCUT2D eigenvalue weighted by atomic mass is 10.3. The number of nitrogens with zero attached hydrogens (tertiary/aromatic N) is 5. The van der Waals surface area contributed by atoms with E-state index in [1.165, 1.54) is 10.9 Å². The molecule has 108 valence electrons. The highest BCUT2D eigenvalue weighted by atomic mass is 16.5. The zero-order valence-corrected chi connectivity index (χ0v) is 11.8. The molecule has 1 atom stereocenters. The molecular formula is C14H15N5O2. The van der Waals surface area contributed by atoms with Crippen LogP contribution < -0.4 is 10.3 Å². The van der Waals surface area contributed by atoms with Gasteiger partial charge in [-0.05, 0) is 19.1 Å². The molecule has 0 bridgehead atoms. The predicted octanol–water partition coefficient (Wildman–Crippen LogP) is 0.992. The number of aromatic nitrogens is 5. The summed E-state index contributed by atoms with van der Waals surface area (Å²) in [7, 11) is 1.76. The molecule has 0 aliphatic rings. The Kier molecular flexibility index (Phi) is 3.39. The van der Waals surface area contributed by atoms with Crippen LogP contribution in [0.25, 0.3) is 11.0 Å². The van der Waals surface area contributed by atoms with Gasteiger partial charge in [-0.25, -0.2) is 4.98 Å². The van der Waals surface area contributed by atoms with Crippen molar-refractivity contribution in [3.8, 4) is 5.75 Å². The normalized spacial score (nSPS) is 12.5. The molecule has 3 rings (SSSR count). The number of hydrogen-bond donors (Lipinski definition) is 0. The summed E-state index contributed by atoms with van der Waals surface area (Å²) in [6.45, 7) is 2.29. The molecule has 3 aromatic heterocycles. The minimum atomic E-state index is -0.185. The summed E-state index contributed by atoms with van der Waals surface area (Å²) >= 11 is 0. The SMILES string of the molecule is C[C@H](Cn1cnc2cn(C)nc2c1=O)Oc1cccnc1. The molecule has 21 heavy (non-hydrogen) atoms. The van der Waals surface area contributed by atoms with Crippen molar-refractivity contribution in [3.63, 3.8) is 0 Å². The number of fused-ring (bicyclic) bond motifs is 1. The van der Waals surface area contributed by atoms with Crippen LogP contribution in [-0.4, -0.2) is 30.4 Å². The summed E-state index contributed by atoms with van der Waals surface area (Å²) in [5, 5.41) is 4.13. The molecule has 0 unspecified atom stereocenters. The zero-order chi connectivity index (χ0) is 14.8. The van der Waals surface area contributed by atoms with Gasteiger partial charge in [-0.1, -0.05) is 0 Å². The molecule has 7 heteroatoms. The first kappa shape index (κ1) is 13.3. The van der Waals surface area contributed by atoms with Gasteiger partial charge in [0.2, 0.25) is 0 Å². The molecule has 0 spiro atoms. The molecule has 7 nitrogen and oxygen atoms in total. The van der Waals surface area contributed by atoms with E-state index in [-0.39, 0.29) is 11.7 Å². The molecule has 0 aliphatic heterocycles. The van der Waals surface area contributed by atoms with Gasteiger partial charge in [-0.15, -0.1) is 0 Å². The number of ether oxygens (including phenoxy) is 1. The maximum absolute atomic E-state index is 12.3. The summed E-state index contributed by atoms with van der Waals surface area (Å²) < 4.78 is 8.81. The van der Waals surface area contributed by atoms with E-state index >= 15 is 0 Å². The van der Waals surface area contributed by atoms with Crippen LogP contribution in [0.4, 0.5) is 0 Å². The number of pyridine rings is 1. The van der Waals surface area contributed by atoms with Gasteiger partial charge in [0.25, 0.3) is 5.56 Å². The minimum absolute atomic E-state index is 0.165. The van der Waals surface area contributed by atoms with E-state index in [2.05, 4.69) is 15.1 Å². The Labute approximate surface area is 120 Å². The molecular weight excluding hydrogens is 270 g/mol. The highest BCUT2D eigenvalue weighted by molar-refractivity contribution is 5.71. The Morgan fingerprint density at radius 2 is 2.29 bits per heavy atom. The van der Waals surface area contributed by atoms with Crippen LogP contribution in [0.1, 0.15) is 6.92 Å². The standard InChI is InChI=1S/C14H15N5O2/c1-10(21-11-4-3-5-15-6-11)7-19-9-16-12-8-18(2)17-13(12)14(19)20/h3-6,8-10H,7H2,1-2H3/t10-/m1/s1. The maximum atomic E-state index is 12.3. The number of hydrogen-bond acceptors (Lipinski definition) is 5. The van der Waals surface area contributed by atoms with Gasteiger partial charge in [-0.3, -0.25) is 19.0 Å². The lowest BCUT2D eigenvalue weighted by Crippen LogP contribution is -2.28. The van der Waals surface area contributed by atoms with Gasteiger partial charge in [0.15, 0.2) is 5.52 Å². The fourth-order valence-corrected chi connectivity index (χ4v) is 2.14. The van der Waals surface area contributed by atoms with Crippen LogP contribution in [0.2, 0.25) is 0 Å². The molecule has 0 aliphatic carbocycles. The van der Waals surface area contributed by atoms with Crippen molar-refractivity contribution in [2.75, 3.05) is 0 Å². The quantitative estimate of drug-likeness (QED) is 0.714. The summed E-state index contributed by atoms with van der Waals surface area (Å²) in [6, 6.07) is 3.63. The van der Waals surface area contributed by atoms with Crippen molar-refractivity contribution >= 4 is 11.0 Å². The van der Waals surface area contributed by atoms with Gasteiger partial charge < -0.3 is 4.74 Å². The van der Waals surface area contributed by atoms with Gasteiger partial charge >= 0.3 is 0 Å². The van der Waals surface area contributed by atoms with Crippen LogP contribution in [0.3, 0.4) is 0 Å². The maximum Gasteiger partial charge on any atom is 0.281 e. The highest BCUT2D eigenvalue weighted by Crippen LogP contribution is 2.10. The van der Waals surface area contributed by atoms with Crippen molar-refractivity contribution in [1.29, 1.82) is 0 Å². The number of aryl methyl sites for hydroxylation is 1. The van der Waals surface area contributed by atoms with E-state index in [4.69, 9.17) is 4.74 Å². The second-order valence-corrected chi connectivity index (χ2v) is 4.86. The minimum Gasteiger partial charge on any atom is -0.487 e. The monoisotopic (exact) mass is 285 g/mol. The van der Waals surface area contributed by atoms with E-state index in [0.717, 1.165) is 0 Å². The average Bonchev–Trinajstić information content (AvgIpc) is 2.85. The molecule has 0 N–H and O–H groups in total. The van der Waals surface area contributed by atoms with Gasteiger partial charge in [0.1, 0.15) is 17.4 Å². The molecule has 3 heterocycles. The zero-order valence-electron chi connectivity index (χ0n) is 11.8. The molecule has 0 aromatic carbocycles. The topological polar surface area (TPSA) is 74.8 Å². The van der Waals surface area contributed by atoms with E-state index < -0.39 is 0 Å². The van der Waals surface area contributed by atoms with E-state index in [1.54, 1.807) is 36.4 Å². The van der Waals surface area contributed by atoms with Crippen molar-refractivity contribution in [1.82, 2.24) is 24.3 Å². The van der Waals surface area contributed by atoms with E-state index in [1.807, 2.05) is 13.0 Å². The van der Waals surface area contributed by atoms with Crippen LogP contribution in [0.5, 0.6) is 5.75 Å². The third-order valence-corrected chi connectivity index (χ3v) is 3.03. The lowest BCUT2D eigenvalue weighted by Gasteiger charge is -2.15. The Morgan fingerprint density at radius 3 is 3.05 bits per heavy atom. The third-order valence-electron chi connectivity index (χ3n) is 3.03. The van der Waals surface area contributed by atoms with Crippen molar-refractivity contribution in [2.24, 2.45) is 7.05 Å². The average molecular weight is 285 g/mol. The summed E-state index contributed by atoms with van der Waals surface area (Å²) in [5.41, 5.74) is 0.801. The lowest BCUT2D eigenvalue weighted by molar-refractivity contribution is 0.197. The molecule has 0 amide bonds. The van der Waals surface area contributed by atoms with Crippen molar-refractivity contribution in [2.45, 2.75) is 19.6 Å². The van der Waals surface area contributed by atoms with Crippen LogP contribution in [0, 0.1) is 0 Å². The van der Waals surface area contributed by atoms with Crippen LogP contribution in [-0.2, 0) is 13.6 Å². The Bertz CT molecular complexity index is 809. The second kappa shape index (κ2) is 5.35. The summed E-state index contributed by atoms with van der Waals surface area (Å²) in [4.78, 5) is 20.5. The van der Waals surface area contributed by atoms with E-state index in [9.17, 15) is 4.79 Å². The summed E-state index contributed by atoms with van der Waals surface area (Å²) in [6.07, 6.45) is 6.38. The van der Waals surface area contributed by atoms with Crippen LogP contribution >= 0.6 is 0 Å². The summed E-state index contributed by atoms with van der Waals surface area (Å²) in [5.74, 6) is 0.671. The number of rotatable bonds is 4. The van der Waals surface area contributed by atoms with Gasteiger partial charge in [0, 0.05) is 13.2 Å². The Morgan fingerprint density at radius 1 is 1.43 bits per heavy atom. The van der Waals surface area contributed by atoms with Crippen molar-refractivity contribution < 1.29 is 4.74 Å².